The van der Waals surface area contributed by atoms with Crippen LogP contribution in [0.5, 0.6) is 0 Å². The van der Waals surface area contributed by atoms with Crippen LogP contribution in [0.15, 0.2) is 9.95 Å². The number of hydrogen-bond acceptors (Lipinski definition) is 6. The van der Waals surface area contributed by atoms with Crippen LogP contribution in [0.4, 0.5) is 5.95 Å². The van der Waals surface area contributed by atoms with Crippen molar-refractivity contribution in [3.63, 3.8) is 0 Å². The zero-order valence-electron chi connectivity index (χ0n) is 10.3. The highest BCUT2D eigenvalue weighted by Crippen LogP contribution is 2.39. The van der Waals surface area contributed by atoms with Crippen molar-refractivity contribution >= 4 is 38.7 Å². The maximum absolute atomic E-state index is 11.7. The van der Waals surface area contributed by atoms with Crippen LogP contribution in [-0.2, 0) is 0 Å². The van der Waals surface area contributed by atoms with Crippen molar-refractivity contribution in [1.82, 2.24) is 19.9 Å². The summed E-state index contributed by atoms with van der Waals surface area (Å²) in [5, 5.41) is 1.40. The number of nitrogens with two attached hydrogens (primary N) is 1. The second kappa shape index (κ2) is 5.46. The average molecular weight is 297 g/mol. The van der Waals surface area contributed by atoms with Crippen LogP contribution in [0.2, 0.25) is 0 Å². The number of nitrogens with zero attached hydrogens (tertiary/aromatic N) is 2. The van der Waals surface area contributed by atoms with Gasteiger partial charge in [0.1, 0.15) is 0 Å². The lowest BCUT2D eigenvalue weighted by Crippen LogP contribution is -2.10. The molecule has 0 aliphatic heterocycles. The Hall–Kier alpha value is -1.15. The first-order valence-corrected chi connectivity index (χ1v) is 8.52. The molecule has 19 heavy (non-hydrogen) atoms. The Bertz CT molecular complexity index is 632. The molecule has 0 aromatic carbocycles. The Labute approximate surface area is 117 Å². The first kappa shape index (κ1) is 12.9. The highest BCUT2D eigenvalue weighted by atomic mass is 33.1. The monoisotopic (exact) mass is 297 g/mol. The molecule has 0 amide bonds. The van der Waals surface area contributed by atoms with E-state index in [9.17, 15) is 4.79 Å². The normalized spacial score (nSPS) is 17.1. The summed E-state index contributed by atoms with van der Waals surface area (Å²) < 4.78 is 0. The number of hydrogen-bond donors (Lipinski definition) is 3. The Morgan fingerprint density at radius 1 is 1.16 bits per heavy atom. The zero-order chi connectivity index (χ0) is 13.2. The van der Waals surface area contributed by atoms with E-state index in [1.54, 1.807) is 10.8 Å². The molecule has 0 atom stereocenters. The largest absolute Gasteiger partial charge is 0.369 e. The van der Waals surface area contributed by atoms with E-state index in [0.29, 0.717) is 21.6 Å². The van der Waals surface area contributed by atoms with Gasteiger partial charge in [-0.2, -0.15) is 4.98 Å². The number of fused-ring (bicyclic) bond motifs is 1. The summed E-state index contributed by atoms with van der Waals surface area (Å²) in [7, 11) is 3.41. The predicted octanol–water partition coefficient (Wildman–Crippen LogP) is 2.30. The number of aromatic nitrogens is 4. The number of nitrogens with one attached hydrogen (secondary N) is 2. The Kier molecular flexibility index (Phi) is 3.69. The quantitative estimate of drug-likeness (QED) is 0.752. The van der Waals surface area contributed by atoms with Crippen molar-refractivity contribution in [3.8, 4) is 0 Å². The van der Waals surface area contributed by atoms with Crippen molar-refractivity contribution in [3.05, 3.63) is 10.4 Å². The highest BCUT2D eigenvalue weighted by Gasteiger charge is 2.16. The summed E-state index contributed by atoms with van der Waals surface area (Å²) in [4.78, 5) is 25.4. The average Bonchev–Trinajstić information content (AvgIpc) is 2.81. The fourth-order valence-corrected chi connectivity index (χ4v) is 4.73. The number of anilines is 1. The van der Waals surface area contributed by atoms with Gasteiger partial charge in [0, 0.05) is 5.25 Å². The van der Waals surface area contributed by atoms with Gasteiger partial charge in [0.2, 0.25) is 5.95 Å². The fraction of sp³-hybridized carbons (Fsp3) is 0.545. The van der Waals surface area contributed by atoms with E-state index >= 15 is 0 Å². The van der Waals surface area contributed by atoms with Crippen LogP contribution in [0, 0.1) is 0 Å². The second-order valence-electron chi connectivity index (χ2n) is 4.63. The summed E-state index contributed by atoms with van der Waals surface area (Å²) in [6.45, 7) is 0. The molecule has 102 valence electrons. The summed E-state index contributed by atoms with van der Waals surface area (Å²) >= 11 is 0. The molecular weight excluding hydrogens is 282 g/mol. The van der Waals surface area contributed by atoms with E-state index in [1.807, 2.05) is 10.8 Å². The van der Waals surface area contributed by atoms with Crippen molar-refractivity contribution in [2.45, 2.75) is 42.5 Å². The third-order valence-corrected chi connectivity index (χ3v) is 5.94. The molecule has 0 radical (unpaired) electrons. The Morgan fingerprint density at radius 2 is 1.95 bits per heavy atom. The highest BCUT2D eigenvalue weighted by molar-refractivity contribution is 8.76. The van der Waals surface area contributed by atoms with Crippen LogP contribution in [-0.4, -0.2) is 25.2 Å². The lowest BCUT2D eigenvalue weighted by Gasteiger charge is -2.19. The number of H-pyrrole nitrogens is 2. The Balaban J connectivity index is 1.74. The van der Waals surface area contributed by atoms with Crippen LogP contribution in [0.3, 0.4) is 0 Å². The summed E-state index contributed by atoms with van der Waals surface area (Å²) in [5.74, 6) is 0.0977. The van der Waals surface area contributed by atoms with Crippen molar-refractivity contribution in [2.75, 3.05) is 5.73 Å². The third-order valence-electron chi connectivity index (χ3n) is 3.17. The van der Waals surface area contributed by atoms with E-state index in [0.717, 1.165) is 0 Å². The second-order valence-corrected chi connectivity index (χ2v) is 7.12. The van der Waals surface area contributed by atoms with Gasteiger partial charge < -0.3 is 10.7 Å². The number of aromatic amines is 2. The number of imidazole rings is 1. The maximum Gasteiger partial charge on any atom is 0.278 e. The molecule has 1 fully saturated rings. The van der Waals surface area contributed by atoms with Gasteiger partial charge in [-0.25, -0.2) is 4.98 Å². The smallest absolute Gasteiger partial charge is 0.278 e. The molecule has 3 rings (SSSR count). The summed E-state index contributed by atoms with van der Waals surface area (Å²) in [5.41, 5.74) is 5.99. The van der Waals surface area contributed by atoms with Crippen LogP contribution in [0.25, 0.3) is 11.2 Å². The third kappa shape index (κ3) is 2.89. The molecule has 8 heteroatoms. The molecule has 2 aromatic rings. The van der Waals surface area contributed by atoms with Gasteiger partial charge in [-0.05, 0) is 23.6 Å². The molecule has 2 heterocycles. The number of nitrogen functional groups attached to an aromatic ring is 1. The van der Waals surface area contributed by atoms with Gasteiger partial charge >= 0.3 is 0 Å². The minimum absolute atomic E-state index is 0.0977. The SMILES string of the molecule is Nc1nc2nc(SSC3CCCCC3)[nH]c2c(=O)[nH]1. The molecule has 4 N–H and O–H groups in total. The van der Waals surface area contributed by atoms with Gasteiger partial charge in [-0.3, -0.25) is 9.78 Å². The molecular formula is C11H15N5OS2. The zero-order valence-corrected chi connectivity index (χ0v) is 11.9. The molecule has 6 nitrogen and oxygen atoms in total. The summed E-state index contributed by atoms with van der Waals surface area (Å²) in [6, 6.07) is 0. The summed E-state index contributed by atoms with van der Waals surface area (Å²) in [6.07, 6.45) is 6.52. The van der Waals surface area contributed by atoms with Gasteiger partial charge in [-0.15, -0.1) is 0 Å². The first-order valence-electron chi connectivity index (χ1n) is 6.31. The predicted molar refractivity (Wildman–Crippen MR) is 79.2 cm³/mol. The minimum atomic E-state index is -0.274. The molecule has 0 bridgehead atoms. The topological polar surface area (TPSA) is 100 Å². The van der Waals surface area contributed by atoms with E-state index in [1.165, 1.54) is 32.1 Å². The van der Waals surface area contributed by atoms with Crippen LogP contribution < -0.4 is 11.3 Å². The van der Waals surface area contributed by atoms with Gasteiger partial charge in [0.25, 0.3) is 5.56 Å². The van der Waals surface area contributed by atoms with Gasteiger partial charge in [-0.1, -0.05) is 30.1 Å². The van der Waals surface area contributed by atoms with Gasteiger partial charge in [0.15, 0.2) is 16.3 Å². The molecule has 0 saturated heterocycles. The van der Waals surface area contributed by atoms with E-state index in [-0.39, 0.29) is 11.5 Å². The molecule has 2 aromatic heterocycles. The van der Waals surface area contributed by atoms with E-state index < -0.39 is 0 Å². The molecule has 1 aliphatic carbocycles. The van der Waals surface area contributed by atoms with Crippen molar-refractivity contribution in [1.29, 1.82) is 0 Å². The minimum Gasteiger partial charge on any atom is -0.369 e. The fourth-order valence-electron chi connectivity index (χ4n) is 2.22. The Morgan fingerprint density at radius 3 is 2.74 bits per heavy atom. The number of rotatable bonds is 3. The first-order chi connectivity index (χ1) is 9.22. The molecule has 0 unspecified atom stereocenters. The molecule has 1 saturated carbocycles. The van der Waals surface area contributed by atoms with Crippen LogP contribution >= 0.6 is 21.6 Å². The molecule has 1 aliphatic rings. The van der Waals surface area contributed by atoms with Crippen molar-refractivity contribution < 1.29 is 0 Å². The molecule has 0 spiro atoms. The lowest BCUT2D eigenvalue weighted by atomic mass is 10.0. The standard InChI is InChI=1S/C11H15N5OS2/c12-10-14-8-7(9(17)16-10)13-11(15-8)19-18-6-4-2-1-3-5-6/h6H,1-5H2,(H4,12,13,14,15,16,17). The van der Waals surface area contributed by atoms with E-state index in [4.69, 9.17) is 5.73 Å². The maximum atomic E-state index is 11.7. The van der Waals surface area contributed by atoms with Gasteiger partial charge in [0.05, 0.1) is 0 Å². The van der Waals surface area contributed by atoms with Crippen LogP contribution in [0.1, 0.15) is 32.1 Å². The lowest BCUT2D eigenvalue weighted by molar-refractivity contribution is 0.517. The van der Waals surface area contributed by atoms with E-state index in [2.05, 4.69) is 19.9 Å². The van der Waals surface area contributed by atoms with Crippen molar-refractivity contribution in [2.24, 2.45) is 0 Å².